The number of nitrogens with one attached hydrogen (secondary N) is 2. The molecule has 4 rings (SSSR count). The molecule has 0 spiro atoms. The van der Waals surface area contributed by atoms with Crippen LogP contribution in [-0.4, -0.2) is 23.5 Å². The van der Waals surface area contributed by atoms with Gasteiger partial charge < -0.3 is 10.6 Å². The van der Waals surface area contributed by atoms with Crippen LogP contribution in [0.4, 0.5) is 18.9 Å². The lowest BCUT2D eigenvalue weighted by molar-refractivity contribution is 0.0918. The second kappa shape index (κ2) is 9.59. The van der Waals surface area contributed by atoms with Crippen LogP contribution >= 0.6 is 11.6 Å². The first-order chi connectivity index (χ1) is 15.8. The molecular weight excluding hydrogens is 451 g/mol. The molecule has 1 fully saturated rings. The molecule has 3 aromatic rings. The number of pyridine rings is 1. The monoisotopic (exact) mass is 475 g/mol. The Labute approximate surface area is 195 Å². The van der Waals surface area contributed by atoms with E-state index in [1.807, 2.05) is 24.3 Å². The van der Waals surface area contributed by atoms with Gasteiger partial charge in [-0.25, -0.2) is 13.2 Å². The number of benzene rings is 2. The molecule has 0 bridgehead atoms. The number of carbonyl (C=O) groups excluding carboxylic acids is 1. The predicted molar refractivity (Wildman–Crippen MR) is 124 cm³/mol. The third-order valence-electron chi connectivity index (χ3n) is 6.45. The molecule has 0 radical (unpaired) electrons. The van der Waals surface area contributed by atoms with Gasteiger partial charge in [-0.2, -0.15) is 0 Å². The first kappa shape index (κ1) is 23.4. The maximum Gasteiger partial charge on any atom is 0.256 e. The molecule has 4 nitrogen and oxygen atoms in total. The topological polar surface area (TPSA) is 54.0 Å². The van der Waals surface area contributed by atoms with Crippen molar-refractivity contribution in [3.05, 3.63) is 69.6 Å². The number of nitrogens with zero attached hydrogens (tertiary/aromatic N) is 1. The van der Waals surface area contributed by atoms with Crippen molar-refractivity contribution in [2.24, 2.45) is 5.92 Å². The lowest BCUT2D eigenvalue weighted by atomic mass is 9.85. The molecule has 174 valence electrons. The minimum Gasteiger partial charge on any atom is -0.384 e. The third kappa shape index (κ3) is 4.64. The van der Waals surface area contributed by atoms with Crippen LogP contribution in [0.1, 0.15) is 47.2 Å². The zero-order valence-electron chi connectivity index (χ0n) is 18.4. The van der Waals surface area contributed by atoms with Crippen molar-refractivity contribution in [3.8, 4) is 0 Å². The second-order valence-electron chi connectivity index (χ2n) is 8.66. The second-order valence-corrected chi connectivity index (χ2v) is 9.03. The molecule has 8 heteroatoms. The van der Waals surface area contributed by atoms with Crippen LogP contribution in [0.5, 0.6) is 0 Å². The van der Waals surface area contributed by atoms with Crippen LogP contribution in [0.15, 0.2) is 30.5 Å². The highest BCUT2D eigenvalue weighted by Crippen LogP contribution is 2.31. The van der Waals surface area contributed by atoms with Crippen molar-refractivity contribution in [2.45, 2.75) is 45.6 Å². The SMILES string of the molecule is Cc1ccc2ncccc2c1NCC1CCC(NC(=O)c2c(F)c(C)c(F)c(F)c2Cl)CC1. The van der Waals surface area contributed by atoms with Gasteiger partial charge in [-0.15, -0.1) is 0 Å². The normalized spacial score (nSPS) is 18.4. The maximum absolute atomic E-state index is 14.4. The minimum atomic E-state index is -1.41. The van der Waals surface area contributed by atoms with Crippen LogP contribution in [0.3, 0.4) is 0 Å². The number of amides is 1. The van der Waals surface area contributed by atoms with Crippen LogP contribution < -0.4 is 10.6 Å². The number of aromatic nitrogens is 1. The van der Waals surface area contributed by atoms with Crippen LogP contribution in [0.25, 0.3) is 10.9 Å². The summed E-state index contributed by atoms with van der Waals surface area (Å²) in [4.78, 5) is 17.0. The Bertz CT molecular complexity index is 1180. The van der Waals surface area contributed by atoms with E-state index in [0.717, 1.165) is 48.5 Å². The maximum atomic E-state index is 14.4. The van der Waals surface area contributed by atoms with Crippen molar-refractivity contribution < 1.29 is 18.0 Å². The highest BCUT2D eigenvalue weighted by atomic mass is 35.5. The Balaban J connectivity index is 1.36. The molecule has 1 heterocycles. The number of carbonyl (C=O) groups is 1. The number of anilines is 1. The van der Waals surface area contributed by atoms with Gasteiger partial charge in [0.2, 0.25) is 0 Å². The zero-order chi connectivity index (χ0) is 23.7. The highest BCUT2D eigenvalue weighted by molar-refractivity contribution is 6.34. The molecule has 33 heavy (non-hydrogen) atoms. The minimum absolute atomic E-state index is 0.180. The quantitative estimate of drug-likeness (QED) is 0.335. The van der Waals surface area contributed by atoms with Crippen LogP contribution in [0.2, 0.25) is 5.02 Å². The largest absolute Gasteiger partial charge is 0.384 e. The molecule has 1 aliphatic carbocycles. The van der Waals surface area contributed by atoms with Crippen molar-refractivity contribution in [1.29, 1.82) is 0 Å². The number of halogens is 4. The van der Waals surface area contributed by atoms with Crippen LogP contribution in [-0.2, 0) is 0 Å². The molecule has 2 N–H and O–H groups in total. The molecule has 0 atom stereocenters. The summed E-state index contributed by atoms with van der Waals surface area (Å²) in [6, 6.07) is 7.85. The van der Waals surface area contributed by atoms with Crippen molar-refractivity contribution in [1.82, 2.24) is 10.3 Å². The van der Waals surface area contributed by atoms with Crippen molar-refractivity contribution in [2.75, 3.05) is 11.9 Å². The molecule has 0 unspecified atom stereocenters. The van der Waals surface area contributed by atoms with Gasteiger partial charge in [0, 0.05) is 35.4 Å². The molecule has 1 amide bonds. The van der Waals surface area contributed by atoms with E-state index in [0.29, 0.717) is 18.8 Å². The highest BCUT2D eigenvalue weighted by Gasteiger charge is 2.29. The van der Waals surface area contributed by atoms with Gasteiger partial charge in [0.05, 0.1) is 16.1 Å². The summed E-state index contributed by atoms with van der Waals surface area (Å²) in [6.45, 7) is 3.93. The van der Waals surface area contributed by atoms with Gasteiger partial charge in [-0.3, -0.25) is 9.78 Å². The third-order valence-corrected chi connectivity index (χ3v) is 6.81. The van der Waals surface area contributed by atoms with E-state index in [1.165, 1.54) is 0 Å². The van der Waals surface area contributed by atoms with E-state index in [1.54, 1.807) is 6.20 Å². The summed E-state index contributed by atoms with van der Waals surface area (Å²) in [5.41, 5.74) is 1.97. The zero-order valence-corrected chi connectivity index (χ0v) is 19.2. The molecule has 1 saturated carbocycles. The van der Waals surface area contributed by atoms with Crippen molar-refractivity contribution >= 4 is 34.1 Å². The molecule has 2 aromatic carbocycles. The van der Waals surface area contributed by atoms with Gasteiger partial charge >= 0.3 is 0 Å². The first-order valence-electron chi connectivity index (χ1n) is 11.0. The van der Waals surface area contributed by atoms with E-state index in [2.05, 4.69) is 22.5 Å². The number of fused-ring (bicyclic) bond motifs is 1. The molecule has 0 saturated heterocycles. The summed E-state index contributed by atoms with van der Waals surface area (Å²) in [7, 11) is 0. The van der Waals surface area contributed by atoms with Gasteiger partial charge in [-0.1, -0.05) is 17.7 Å². The molecular formula is C25H25ClF3N3O. The van der Waals surface area contributed by atoms with E-state index < -0.39 is 39.5 Å². The summed E-state index contributed by atoms with van der Waals surface area (Å²) < 4.78 is 42.0. The fourth-order valence-electron chi connectivity index (χ4n) is 4.46. The van der Waals surface area contributed by atoms with Gasteiger partial charge in [0.15, 0.2) is 11.6 Å². The molecule has 1 aliphatic rings. The lowest BCUT2D eigenvalue weighted by Gasteiger charge is -2.30. The molecule has 0 aliphatic heterocycles. The summed E-state index contributed by atoms with van der Waals surface area (Å²) >= 11 is 5.74. The Morgan fingerprint density at radius 2 is 1.79 bits per heavy atom. The van der Waals surface area contributed by atoms with Gasteiger partial charge in [0.25, 0.3) is 5.91 Å². The lowest BCUT2D eigenvalue weighted by Crippen LogP contribution is -2.39. The smallest absolute Gasteiger partial charge is 0.256 e. The number of hydrogen-bond donors (Lipinski definition) is 2. The summed E-state index contributed by atoms with van der Waals surface area (Å²) in [5, 5.41) is 6.56. The average Bonchev–Trinajstić information content (AvgIpc) is 2.82. The Morgan fingerprint density at radius 1 is 1.06 bits per heavy atom. The number of rotatable bonds is 5. The number of hydrogen-bond acceptors (Lipinski definition) is 3. The van der Waals surface area contributed by atoms with E-state index in [4.69, 9.17) is 11.6 Å². The van der Waals surface area contributed by atoms with E-state index in [9.17, 15) is 18.0 Å². The first-order valence-corrected chi connectivity index (χ1v) is 11.4. The number of aryl methyl sites for hydroxylation is 1. The molecule has 1 aromatic heterocycles. The van der Waals surface area contributed by atoms with Crippen LogP contribution in [0, 0.1) is 37.2 Å². The van der Waals surface area contributed by atoms with E-state index >= 15 is 0 Å². The fraction of sp³-hybridized carbons (Fsp3) is 0.360. The summed E-state index contributed by atoms with van der Waals surface area (Å²) in [5.74, 6) is -4.32. The Morgan fingerprint density at radius 3 is 2.52 bits per heavy atom. The van der Waals surface area contributed by atoms with Crippen molar-refractivity contribution in [3.63, 3.8) is 0 Å². The standard InChI is InChI=1S/C25H25ClF3N3O/c1-13-5-10-18-17(4-3-11-30-18)24(13)31-12-15-6-8-16(9-7-15)32-25(33)19-20(26)23(29)22(28)14(2)21(19)27/h3-5,10-11,15-16,31H,6-9,12H2,1-2H3,(H,32,33). The Hall–Kier alpha value is -2.80. The average molecular weight is 476 g/mol. The van der Waals surface area contributed by atoms with E-state index in [-0.39, 0.29) is 6.04 Å². The predicted octanol–water partition coefficient (Wildman–Crippen LogP) is 6.32. The fourth-order valence-corrected chi connectivity index (χ4v) is 4.71. The van der Waals surface area contributed by atoms with Gasteiger partial charge in [0.1, 0.15) is 5.82 Å². The summed E-state index contributed by atoms with van der Waals surface area (Å²) in [6.07, 6.45) is 4.92. The van der Waals surface area contributed by atoms with Gasteiger partial charge in [-0.05, 0) is 69.2 Å². The Kier molecular flexibility index (Phi) is 6.79.